The normalized spacial score (nSPS) is 19.2. The van der Waals surface area contributed by atoms with Crippen LogP contribution < -0.4 is 0 Å². The predicted molar refractivity (Wildman–Crippen MR) is 111 cm³/mol. The number of piperazine rings is 1. The smallest absolute Gasteiger partial charge is 0.270 e. The molecular weight excluding hydrogens is 388 g/mol. The van der Waals surface area contributed by atoms with Crippen LogP contribution in [0.15, 0.2) is 47.5 Å². The first-order chi connectivity index (χ1) is 14.0. The number of fused-ring (bicyclic) bond motifs is 1. The van der Waals surface area contributed by atoms with Crippen LogP contribution in [-0.2, 0) is 23.1 Å². The Morgan fingerprint density at radius 1 is 0.966 bits per heavy atom. The molecule has 2 aliphatic heterocycles. The van der Waals surface area contributed by atoms with Gasteiger partial charge in [-0.2, -0.15) is 4.31 Å². The third-order valence-corrected chi connectivity index (χ3v) is 7.67. The van der Waals surface area contributed by atoms with Crippen molar-refractivity contribution in [3.8, 4) is 0 Å². The van der Waals surface area contributed by atoms with Crippen molar-refractivity contribution in [1.82, 2.24) is 18.7 Å². The maximum atomic E-state index is 13.2. The first-order valence-electron chi connectivity index (χ1n) is 10.2. The lowest BCUT2D eigenvalue weighted by molar-refractivity contribution is 0.0766. The molecule has 0 radical (unpaired) electrons. The molecule has 3 heterocycles. The summed E-state index contributed by atoms with van der Waals surface area (Å²) in [6.07, 6.45) is 2.47. The van der Waals surface area contributed by atoms with Crippen molar-refractivity contribution < 1.29 is 13.2 Å². The Labute approximate surface area is 172 Å². The van der Waals surface area contributed by atoms with Gasteiger partial charge in [-0.15, -0.1) is 0 Å². The van der Waals surface area contributed by atoms with Crippen molar-refractivity contribution >= 4 is 15.9 Å². The fraction of sp³-hybridized carbons (Fsp3) is 0.476. The molecule has 156 valence electrons. The van der Waals surface area contributed by atoms with Crippen LogP contribution in [0.3, 0.4) is 0 Å². The van der Waals surface area contributed by atoms with Crippen LogP contribution in [0.2, 0.25) is 0 Å². The summed E-state index contributed by atoms with van der Waals surface area (Å²) in [6, 6.07) is 11.8. The van der Waals surface area contributed by atoms with Crippen molar-refractivity contribution in [2.45, 2.75) is 31.3 Å². The van der Waals surface area contributed by atoms with Gasteiger partial charge in [0, 0.05) is 58.6 Å². The minimum atomic E-state index is -3.60. The van der Waals surface area contributed by atoms with Gasteiger partial charge in [0.15, 0.2) is 0 Å². The highest BCUT2D eigenvalue weighted by atomic mass is 32.2. The second-order valence-corrected chi connectivity index (χ2v) is 9.60. The lowest BCUT2D eigenvalue weighted by Gasteiger charge is -2.33. The lowest BCUT2D eigenvalue weighted by atomic mass is 10.2. The summed E-state index contributed by atoms with van der Waals surface area (Å²) in [5.74, 6) is -0.0841. The van der Waals surface area contributed by atoms with Gasteiger partial charge in [-0.1, -0.05) is 30.3 Å². The van der Waals surface area contributed by atoms with E-state index in [1.807, 2.05) is 25.1 Å². The molecule has 0 N–H and O–H groups in total. The Kier molecular flexibility index (Phi) is 5.76. The molecule has 2 aliphatic rings. The molecule has 29 heavy (non-hydrogen) atoms. The zero-order valence-corrected chi connectivity index (χ0v) is 17.6. The molecule has 1 aromatic carbocycles. The number of nitrogens with zero attached hydrogens (tertiary/aromatic N) is 4. The number of rotatable bonds is 5. The van der Waals surface area contributed by atoms with E-state index in [1.54, 1.807) is 26.0 Å². The second-order valence-electron chi connectivity index (χ2n) is 7.66. The molecule has 0 atom stereocenters. The lowest BCUT2D eigenvalue weighted by Crippen LogP contribution is -2.48. The van der Waals surface area contributed by atoms with Crippen molar-refractivity contribution in [2.75, 3.05) is 39.3 Å². The first-order valence-corrected chi connectivity index (χ1v) is 11.7. The van der Waals surface area contributed by atoms with Crippen LogP contribution in [0.1, 0.15) is 29.4 Å². The minimum Gasteiger partial charge on any atom is -0.342 e. The molecule has 4 rings (SSSR count). The fourth-order valence-electron chi connectivity index (χ4n) is 4.10. The average molecular weight is 417 g/mol. The van der Waals surface area contributed by atoms with E-state index in [9.17, 15) is 13.2 Å². The van der Waals surface area contributed by atoms with E-state index in [0.29, 0.717) is 51.5 Å². The number of sulfonamides is 1. The first kappa shape index (κ1) is 20.1. The van der Waals surface area contributed by atoms with E-state index in [1.165, 1.54) is 5.56 Å². The maximum absolute atomic E-state index is 13.2. The van der Waals surface area contributed by atoms with Crippen LogP contribution in [-0.4, -0.2) is 72.3 Å². The van der Waals surface area contributed by atoms with Crippen LogP contribution in [0.4, 0.5) is 0 Å². The molecule has 1 fully saturated rings. The Hall–Kier alpha value is -2.16. The van der Waals surface area contributed by atoms with Gasteiger partial charge in [0.2, 0.25) is 10.0 Å². The van der Waals surface area contributed by atoms with Crippen LogP contribution in [0, 0.1) is 0 Å². The van der Waals surface area contributed by atoms with Gasteiger partial charge in [0.1, 0.15) is 10.6 Å². The van der Waals surface area contributed by atoms with E-state index in [4.69, 9.17) is 0 Å². The Morgan fingerprint density at radius 3 is 2.38 bits per heavy atom. The zero-order chi connectivity index (χ0) is 20.4. The number of carbonyl (C=O) groups excluding carboxylic acids is 1. The van der Waals surface area contributed by atoms with Gasteiger partial charge in [0.25, 0.3) is 5.91 Å². The third-order valence-electron chi connectivity index (χ3n) is 5.80. The van der Waals surface area contributed by atoms with E-state index >= 15 is 0 Å². The molecule has 0 saturated carbocycles. The van der Waals surface area contributed by atoms with Crippen LogP contribution in [0.5, 0.6) is 0 Å². The van der Waals surface area contributed by atoms with Gasteiger partial charge in [0.05, 0.1) is 0 Å². The summed E-state index contributed by atoms with van der Waals surface area (Å²) in [6.45, 7) is 7.11. The molecule has 7 nitrogen and oxygen atoms in total. The molecule has 2 aromatic rings. The second kappa shape index (κ2) is 8.30. The van der Waals surface area contributed by atoms with E-state index in [0.717, 1.165) is 13.0 Å². The van der Waals surface area contributed by atoms with Gasteiger partial charge < -0.3 is 9.47 Å². The molecule has 8 heteroatoms. The number of aryl methyl sites for hydroxylation is 1. The molecule has 0 bridgehead atoms. The molecule has 0 unspecified atom stereocenters. The summed E-state index contributed by atoms with van der Waals surface area (Å²) in [7, 11) is -3.60. The number of hydrogen-bond acceptors (Lipinski definition) is 4. The largest absolute Gasteiger partial charge is 0.342 e. The number of amides is 1. The van der Waals surface area contributed by atoms with Crippen molar-refractivity contribution in [2.24, 2.45) is 0 Å². The van der Waals surface area contributed by atoms with Crippen LogP contribution >= 0.6 is 0 Å². The Bertz CT molecular complexity index is 963. The summed E-state index contributed by atoms with van der Waals surface area (Å²) >= 11 is 0. The SMILES string of the molecule is CCN1CCCn2cc(S(=O)(=O)N3CCN(Cc4ccccc4)CC3)cc2C1=O. The summed E-state index contributed by atoms with van der Waals surface area (Å²) in [5.41, 5.74) is 1.71. The molecular formula is C21H28N4O3S. The van der Waals surface area contributed by atoms with Crippen molar-refractivity contribution in [3.05, 3.63) is 53.9 Å². The Morgan fingerprint density at radius 2 is 1.69 bits per heavy atom. The summed E-state index contributed by atoms with van der Waals surface area (Å²) in [4.78, 5) is 17.0. The van der Waals surface area contributed by atoms with Gasteiger partial charge in [-0.25, -0.2) is 8.42 Å². The minimum absolute atomic E-state index is 0.0841. The standard InChI is InChI=1S/C21H28N4O3S/c1-2-23-9-6-10-24-17-19(15-20(24)21(23)26)29(27,28)25-13-11-22(12-14-25)16-18-7-4-3-5-8-18/h3-5,7-8,15,17H,2,6,9-14,16H2,1H3. The quantitative estimate of drug-likeness (QED) is 0.746. The van der Waals surface area contributed by atoms with Gasteiger partial charge in [-0.05, 0) is 25.0 Å². The Balaban J connectivity index is 1.46. The summed E-state index contributed by atoms with van der Waals surface area (Å²) < 4.78 is 29.7. The molecule has 1 aromatic heterocycles. The van der Waals surface area contributed by atoms with Crippen molar-refractivity contribution in [3.63, 3.8) is 0 Å². The summed E-state index contributed by atoms with van der Waals surface area (Å²) in [5, 5.41) is 0. The third kappa shape index (κ3) is 4.10. The van der Waals surface area contributed by atoms with Gasteiger partial charge >= 0.3 is 0 Å². The average Bonchev–Trinajstić information content (AvgIpc) is 3.11. The van der Waals surface area contributed by atoms with E-state index in [2.05, 4.69) is 17.0 Å². The number of hydrogen-bond donors (Lipinski definition) is 0. The highest BCUT2D eigenvalue weighted by Gasteiger charge is 2.32. The topological polar surface area (TPSA) is 65.9 Å². The van der Waals surface area contributed by atoms with Crippen LogP contribution in [0.25, 0.3) is 0 Å². The van der Waals surface area contributed by atoms with Crippen molar-refractivity contribution in [1.29, 1.82) is 0 Å². The van der Waals surface area contributed by atoms with E-state index in [-0.39, 0.29) is 10.8 Å². The predicted octanol–water partition coefficient (Wildman–Crippen LogP) is 1.86. The van der Waals surface area contributed by atoms with E-state index < -0.39 is 10.0 Å². The monoisotopic (exact) mass is 416 g/mol. The maximum Gasteiger partial charge on any atom is 0.270 e. The molecule has 0 aliphatic carbocycles. The molecule has 1 amide bonds. The number of benzene rings is 1. The highest BCUT2D eigenvalue weighted by Crippen LogP contribution is 2.24. The van der Waals surface area contributed by atoms with Gasteiger partial charge in [-0.3, -0.25) is 9.69 Å². The number of aromatic nitrogens is 1. The zero-order valence-electron chi connectivity index (χ0n) is 16.8. The highest BCUT2D eigenvalue weighted by molar-refractivity contribution is 7.89. The fourth-order valence-corrected chi connectivity index (χ4v) is 5.57. The molecule has 1 saturated heterocycles. The molecule has 0 spiro atoms. The number of carbonyl (C=O) groups is 1.